The van der Waals surface area contributed by atoms with E-state index in [1.807, 2.05) is 0 Å². The topological polar surface area (TPSA) is 109 Å². The third-order valence-corrected chi connectivity index (χ3v) is 4.80. The summed E-state index contributed by atoms with van der Waals surface area (Å²) >= 11 is 0. The summed E-state index contributed by atoms with van der Waals surface area (Å²) in [5, 5.41) is 2.85. The Bertz CT molecular complexity index is 873. The van der Waals surface area contributed by atoms with Crippen LogP contribution in [0.4, 0.5) is 0 Å². The molecule has 9 nitrogen and oxygen atoms in total. The Morgan fingerprint density at radius 1 is 1.00 bits per heavy atom. The van der Waals surface area contributed by atoms with E-state index in [0.717, 1.165) is 12.8 Å². The number of nitrogens with one attached hydrogen (secondary N) is 1. The Morgan fingerprint density at radius 3 is 2.21 bits per heavy atom. The Morgan fingerprint density at radius 2 is 1.62 bits per heavy atom. The summed E-state index contributed by atoms with van der Waals surface area (Å²) in [5.41, 5.74) is -0.776. The van der Waals surface area contributed by atoms with Crippen molar-refractivity contribution in [3.8, 4) is 23.5 Å². The van der Waals surface area contributed by atoms with Gasteiger partial charge in [0.25, 0.3) is 5.91 Å². The first-order chi connectivity index (χ1) is 14.0. The van der Waals surface area contributed by atoms with Crippen molar-refractivity contribution in [1.82, 2.24) is 15.3 Å². The van der Waals surface area contributed by atoms with Gasteiger partial charge < -0.3 is 24.3 Å². The monoisotopic (exact) mass is 401 g/mol. The van der Waals surface area contributed by atoms with Gasteiger partial charge in [0.15, 0.2) is 0 Å². The van der Waals surface area contributed by atoms with Gasteiger partial charge in [-0.15, -0.1) is 0 Å². The quantitative estimate of drug-likeness (QED) is 0.705. The second-order valence-corrected chi connectivity index (χ2v) is 6.57. The van der Waals surface area contributed by atoms with Crippen molar-refractivity contribution < 1.29 is 28.5 Å². The van der Waals surface area contributed by atoms with Crippen molar-refractivity contribution in [2.75, 3.05) is 21.3 Å². The predicted octanol–water partition coefficient (Wildman–Crippen LogP) is 2.50. The van der Waals surface area contributed by atoms with Crippen LogP contribution in [0.1, 0.15) is 36.0 Å². The van der Waals surface area contributed by atoms with Gasteiger partial charge >= 0.3 is 12.0 Å². The highest BCUT2D eigenvalue weighted by atomic mass is 16.5. The number of carbonyl (C=O) groups is 2. The average Bonchev–Trinajstić information content (AvgIpc) is 3.22. The SMILES string of the molecule is COC(=O)C1(NC(=O)c2ccccc2Oc2nc(OC)cc(OC)n2)CCCC1. The first-order valence-corrected chi connectivity index (χ1v) is 9.16. The molecule has 3 rings (SSSR count). The van der Waals surface area contributed by atoms with E-state index in [9.17, 15) is 9.59 Å². The highest BCUT2D eigenvalue weighted by Gasteiger charge is 2.44. The van der Waals surface area contributed by atoms with Gasteiger partial charge in [0.05, 0.1) is 33.0 Å². The van der Waals surface area contributed by atoms with Gasteiger partial charge in [0.2, 0.25) is 11.8 Å². The van der Waals surface area contributed by atoms with E-state index in [1.54, 1.807) is 24.3 Å². The van der Waals surface area contributed by atoms with Crippen LogP contribution in [0.3, 0.4) is 0 Å². The molecule has 1 aliphatic carbocycles. The fraction of sp³-hybridized carbons (Fsp3) is 0.400. The molecular weight excluding hydrogens is 378 g/mol. The molecule has 2 aromatic rings. The van der Waals surface area contributed by atoms with Crippen LogP contribution in [0.2, 0.25) is 0 Å². The van der Waals surface area contributed by atoms with Gasteiger partial charge in [0.1, 0.15) is 11.3 Å². The molecule has 0 spiro atoms. The summed E-state index contributed by atoms with van der Waals surface area (Å²) in [5.74, 6) is -0.141. The molecule has 0 atom stereocenters. The van der Waals surface area contributed by atoms with Crippen LogP contribution >= 0.6 is 0 Å². The number of nitrogens with zero attached hydrogens (tertiary/aromatic N) is 2. The van der Waals surface area contributed by atoms with Crippen molar-refractivity contribution in [2.24, 2.45) is 0 Å². The largest absolute Gasteiger partial charge is 0.481 e. The molecular formula is C20H23N3O6. The number of esters is 1. The molecule has 1 amide bonds. The standard InChI is InChI=1S/C20H23N3O6/c1-26-15-12-16(27-2)22-19(21-15)29-14-9-5-4-8-13(14)17(24)23-20(18(25)28-3)10-6-7-11-20/h4-5,8-9,12H,6-7,10-11H2,1-3H3,(H,23,24). The van der Waals surface area contributed by atoms with E-state index in [4.69, 9.17) is 18.9 Å². The summed E-state index contributed by atoms with van der Waals surface area (Å²) in [7, 11) is 4.24. The highest BCUT2D eigenvalue weighted by Crippen LogP contribution is 2.32. The first-order valence-electron chi connectivity index (χ1n) is 9.16. The molecule has 0 radical (unpaired) electrons. The minimum absolute atomic E-state index is 0.0370. The third-order valence-electron chi connectivity index (χ3n) is 4.80. The van der Waals surface area contributed by atoms with Crippen molar-refractivity contribution in [3.05, 3.63) is 35.9 Å². The number of methoxy groups -OCH3 is 3. The maximum absolute atomic E-state index is 13.0. The fourth-order valence-corrected chi connectivity index (χ4v) is 3.32. The molecule has 0 bridgehead atoms. The van der Waals surface area contributed by atoms with Crippen LogP contribution in [-0.4, -0.2) is 48.7 Å². The molecule has 1 N–H and O–H groups in total. The lowest BCUT2D eigenvalue weighted by molar-refractivity contribution is -0.148. The molecule has 0 unspecified atom stereocenters. The number of benzene rings is 1. The minimum atomic E-state index is -1.02. The zero-order valence-electron chi connectivity index (χ0n) is 16.6. The summed E-state index contributed by atoms with van der Waals surface area (Å²) in [4.78, 5) is 33.5. The number of amides is 1. The highest BCUT2D eigenvalue weighted by molar-refractivity contribution is 6.00. The fourth-order valence-electron chi connectivity index (χ4n) is 3.32. The van der Waals surface area contributed by atoms with E-state index in [-0.39, 0.29) is 29.1 Å². The van der Waals surface area contributed by atoms with Crippen LogP contribution in [0, 0.1) is 0 Å². The first kappa shape index (κ1) is 20.4. The zero-order valence-corrected chi connectivity index (χ0v) is 16.6. The van der Waals surface area contributed by atoms with E-state index < -0.39 is 17.4 Å². The molecule has 1 aromatic heterocycles. The van der Waals surface area contributed by atoms with Crippen LogP contribution in [0.25, 0.3) is 0 Å². The third kappa shape index (κ3) is 4.39. The molecule has 1 heterocycles. The second-order valence-electron chi connectivity index (χ2n) is 6.57. The zero-order chi connectivity index (χ0) is 20.9. The molecule has 1 saturated carbocycles. The van der Waals surface area contributed by atoms with Crippen molar-refractivity contribution in [3.63, 3.8) is 0 Å². The summed E-state index contributed by atoms with van der Waals surface area (Å²) in [6.45, 7) is 0. The van der Waals surface area contributed by atoms with Crippen LogP contribution in [0.15, 0.2) is 30.3 Å². The van der Waals surface area contributed by atoms with Gasteiger partial charge in [-0.3, -0.25) is 4.79 Å². The van der Waals surface area contributed by atoms with Gasteiger partial charge in [-0.1, -0.05) is 25.0 Å². The minimum Gasteiger partial charge on any atom is -0.481 e. The molecule has 1 aromatic carbocycles. The van der Waals surface area contributed by atoms with E-state index in [1.165, 1.54) is 27.4 Å². The summed E-state index contributed by atoms with van der Waals surface area (Å²) in [6, 6.07) is 8.10. The van der Waals surface area contributed by atoms with Gasteiger partial charge in [0, 0.05) is 0 Å². The molecule has 9 heteroatoms. The Balaban J connectivity index is 1.87. The number of hydrogen-bond acceptors (Lipinski definition) is 8. The van der Waals surface area contributed by atoms with E-state index in [0.29, 0.717) is 12.8 Å². The molecule has 154 valence electrons. The van der Waals surface area contributed by atoms with Gasteiger partial charge in [-0.25, -0.2) is 4.79 Å². The molecule has 29 heavy (non-hydrogen) atoms. The maximum atomic E-state index is 13.0. The number of ether oxygens (including phenoxy) is 4. The Hall–Kier alpha value is -3.36. The normalized spacial score (nSPS) is 14.7. The van der Waals surface area contributed by atoms with Crippen LogP contribution < -0.4 is 19.5 Å². The van der Waals surface area contributed by atoms with Gasteiger partial charge in [-0.2, -0.15) is 9.97 Å². The predicted molar refractivity (Wildman–Crippen MR) is 102 cm³/mol. The van der Waals surface area contributed by atoms with Gasteiger partial charge in [-0.05, 0) is 25.0 Å². The van der Waals surface area contributed by atoms with Crippen molar-refractivity contribution >= 4 is 11.9 Å². The van der Waals surface area contributed by atoms with E-state index in [2.05, 4.69) is 15.3 Å². The summed E-state index contributed by atoms with van der Waals surface area (Å²) < 4.78 is 20.9. The van der Waals surface area contributed by atoms with Crippen molar-refractivity contribution in [2.45, 2.75) is 31.2 Å². The van der Waals surface area contributed by atoms with Crippen molar-refractivity contribution in [1.29, 1.82) is 0 Å². The van der Waals surface area contributed by atoms with Crippen LogP contribution in [-0.2, 0) is 9.53 Å². The average molecular weight is 401 g/mol. The summed E-state index contributed by atoms with van der Waals surface area (Å²) in [6.07, 6.45) is 2.74. The molecule has 0 aliphatic heterocycles. The number of hydrogen-bond donors (Lipinski definition) is 1. The Kier molecular flexibility index (Phi) is 6.16. The number of carbonyl (C=O) groups excluding carboxylic acids is 2. The molecule has 1 aliphatic rings. The Labute approximate surface area is 168 Å². The number of rotatable bonds is 7. The molecule has 0 saturated heterocycles. The second kappa shape index (κ2) is 8.76. The number of para-hydroxylation sites is 1. The lowest BCUT2D eigenvalue weighted by Crippen LogP contribution is -2.53. The maximum Gasteiger partial charge on any atom is 0.331 e. The lowest BCUT2D eigenvalue weighted by Gasteiger charge is -2.27. The number of aromatic nitrogens is 2. The van der Waals surface area contributed by atoms with Crippen LogP contribution in [0.5, 0.6) is 23.5 Å². The smallest absolute Gasteiger partial charge is 0.331 e. The lowest BCUT2D eigenvalue weighted by atomic mass is 9.97. The molecule has 1 fully saturated rings. The van der Waals surface area contributed by atoms with E-state index >= 15 is 0 Å².